The molecule has 0 saturated carbocycles. The number of benzene rings is 2. The van der Waals surface area contributed by atoms with Gasteiger partial charge in [0.1, 0.15) is 0 Å². The van der Waals surface area contributed by atoms with Crippen LogP contribution >= 0.6 is 0 Å². The van der Waals surface area contributed by atoms with Gasteiger partial charge in [-0.05, 0) is 38.9 Å². The number of hydrogen-bond donors (Lipinski definition) is 0. The van der Waals surface area contributed by atoms with E-state index in [4.69, 9.17) is 0 Å². The first-order valence-electron chi connectivity index (χ1n) is 11.3. The van der Waals surface area contributed by atoms with Crippen LogP contribution in [-0.4, -0.2) is 34.1 Å². The maximum absolute atomic E-state index is 3.47. The number of aromatic nitrogens is 4. The van der Waals surface area contributed by atoms with Crippen LogP contribution in [-0.2, 0) is 42.1 Å². The normalized spacial score (nSPS) is 12.7. The molecule has 8 nitrogen and oxygen atoms in total. The molecule has 4 aromatic rings. The summed E-state index contributed by atoms with van der Waals surface area (Å²) in [5.74, 6) is 0. The topological polar surface area (TPSA) is 66.9 Å². The minimum atomic E-state index is 0. The van der Waals surface area contributed by atoms with Gasteiger partial charge < -0.3 is 40.0 Å². The molecule has 2 aromatic carbocycles. The second-order valence-corrected chi connectivity index (χ2v) is 7.92. The zero-order chi connectivity index (χ0) is 25.6. The fourth-order valence-electron chi connectivity index (χ4n) is 2.88. The van der Waals surface area contributed by atoms with Gasteiger partial charge in [-0.2, -0.15) is 73.3 Å². The number of aryl methyl sites for hydroxylation is 2. The van der Waals surface area contributed by atoms with Gasteiger partial charge in [-0.1, -0.05) is 26.0 Å². The van der Waals surface area contributed by atoms with Gasteiger partial charge in [0.25, 0.3) is 0 Å². The molecule has 2 aliphatic heterocycles. The van der Waals surface area contributed by atoms with Crippen molar-refractivity contribution in [3.63, 3.8) is 0 Å². The average molecular weight is 869 g/mol. The Kier molecular flexibility index (Phi) is 15.8. The predicted octanol–water partition coefficient (Wildman–Crippen LogP) is 4.35. The maximum atomic E-state index is 3.47. The minimum absolute atomic E-state index is 0. The summed E-state index contributed by atoms with van der Waals surface area (Å²) in [5, 5.41) is 13.9. The van der Waals surface area contributed by atoms with E-state index in [1.807, 2.05) is 84.0 Å². The van der Waals surface area contributed by atoms with E-state index in [-0.39, 0.29) is 42.1 Å². The van der Waals surface area contributed by atoms with Crippen LogP contribution in [0.4, 0.5) is 11.4 Å². The zero-order valence-electron chi connectivity index (χ0n) is 21.6. The van der Waals surface area contributed by atoms with Gasteiger partial charge in [0, 0.05) is 54.5 Å². The van der Waals surface area contributed by atoms with E-state index in [2.05, 4.69) is 70.6 Å². The van der Waals surface area contributed by atoms with Crippen LogP contribution in [0.5, 0.6) is 0 Å². The fourth-order valence-corrected chi connectivity index (χ4v) is 2.88. The maximum Gasteiger partial charge on any atom is 0.00194 e. The Bertz CT molecular complexity index is 1020. The first-order valence-corrected chi connectivity index (χ1v) is 11.3. The van der Waals surface area contributed by atoms with E-state index in [0.717, 1.165) is 11.4 Å². The van der Waals surface area contributed by atoms with Gasteiger partial charge in [0.05, 0.1) is 0 Å². The summed E-state index contributed by atoms with van der Waals surface area (Å²) in [6, 6.07) is 22.3. The minimum Gasteiger partial charge on any atom is -0.582 e. The standard InChI is InChI=1S/2C11H12N2.2C3H3N2.2Pt/c2*1-10-3-5-11(6-4-10)13-8-7-12(2)9-13;2*1-2-4-5-3-1;;/h2*3-5,7-9H,1-2H3;2*1-3H;;/q2*-2;2*-1;;. The number of hydrogen-bond acceptors (Lipinski definition) is 6. The predicted molar refractivity (Wildman–Crippen MR) is 143 cm³/mol. The van der Waals surface area contributed by atoms with E-state index >= 15 is 0 Å². The molecule has 0 saturated heterocycles. The average Bonchev–Trinajstić information content (AvgIpc) is 3.71. The van der Waals surface area contributed by atoms with Crippen LogP contribution in [0.15, 0.2) is 98.1 Å². The Hall–Kier alpha value is -3.08. The molecule has 0 fully saturated rings. The van der Waals surface area contributed by atoms with Crippen molar-refractivity contribution in [2.45, 2.75) is 13.8 Å². The summed E-state index contributed by atoms with van der Waals surface area (Å²) >= 11 is 0. The number of rotatable bonds is 2. The van der Waals surface area contributed by atoms with E-state index < -0.39 is 0 Å². The summed E-state index contributed by atoms with van der Waals surface area (Å²) in [6.07, 6.45) is 14.6. The van der Waals surface area contributed by atoms with Gasteiger partial charge in [-0.3, -0.25) is 0 Å². The first-order chi connectivity index (χ1) is 17.5. The second-order valence-electron chi connectivity index (χ2n) is 7.92. The van der Waals surface area contributed by atoms with E-state index in [0.29, 0.717) is 0 Å². The SMILES string of the molecule is Cc1c[c-]c(N2C=CN(C)[CH-]2)cc1.Cc1c[c-]c(N2C=CN(C)[CH-]2)cc1.[Pt].[Pt].c1cn[n-]c1.c1cn[n-]c1. The molecule has 0 N–H and O–H groups in total. The van der Waals surface area contributed by atoms with Crippen LogP contribution < -0.4 is 20.0 Å². The second kappa shape index (κ2) is 18.2. The van der Waals surface area contributed by atoms with Crippen molar-refractivity contribution in [2.24, 2.45) is 0 Å². The Morgan fingerprint density at radius 3 is 1.29 bits per heavy atom. The number of nitrogens with zero attached hydrogens (tertiary/aromatic N) is 8. The van der Waals surface area contributed by atoms with Gasteiger partial charge in [-0.25, -0.2) is 0 Å². The molecule has 2 aromatic heterocycles. The van der Waals surface area contributed by atoms with Crippen LogP contribution in [0.3, 0.4) is 0 Å². The largest absolute Gasteiger partial charge is 0.582 e. The molecule has 6 rings (SSSR count). The summed E-state index contributed by atoms with van der Waals surface area (Å²) in [7, 11) is 4.01. The van der Waals surface area contributed by atoms with Crippen LogP contribution in [0.25, 0.3) is 0 Å². The molecule has 2 aliphatic rings. The summed E-state index contributed by atoms with van der Waals surface area (Å²) in [6.45, 7) is 8.16. The third-order valence-corrected chi connectivity index (χ3v) is 4.74. The van der Waals surface area contributed by atoms with E-state index in [9.17, 15) is 0 Å². The molecule has 4 heterocycles. The molecule has 0 radical (unpaired) electrons. The van der Waals surface area contributed by atoms with Crippen LogP contribution in [0.2, 0.25) is 0 Å². The van der Waals surface area contributed by atoms with Crippen molar-refractivity contribution < 1.29 is 42.1 Å². The third-order valence-electron chi connectivity index (χ3n) is 4.74. The molecule has 0 atom stereocenters. The molecular weight excluding hydrogens is 839 g/mol. The van der Waals surface area contributed by atoms with Crippen molar-refractivity contribution in [1.82, 2.24) is 30.2 Å². The molecular formula is C28H30N8Pt2-6. The summed E-state index contributed by atoms with van der Waals surface area (Å²) in [5.41, 5.74) is 4.62. The Balaban J connectivity index is 0.000000270. The zero-order valence-corrected chi connectivity index (χ0v) is 26.1. The van der Waals surface area contributed by atoms with E-state index in [1.54, 1.807) is 36.9 Å². The number of anilines is 2. The molecule has 208 valence electrons. The molecule has 0 spiro atoms. The quantitative estimate of drug-likeness (QED) is 0.276. The molecule has 10 heteroatoms. The molecule has 38 heavy (non-hydrogen) atoms. The Labute approximate surface area is 254 Å². The van der Waals surface area contributed by atoms with Crippen molar-refractivity contribution >= 4 is 11.4 Å². The van der Waals surface area contributed by atoms with E-state index in [1.165, 1.54) is 11.1 Å². The van der Waals surface area contributed by atoms with Gasteiger partial charge >= 0.3 is 0 Å². The van der Waals surface area contributed by atoms with Gasteiger partial charge in [-0.15, -0.1) is 23.5 Å². The van der Waals surface area contributed by atoms with Crippen molar-refractivity contribution in [3.8, 4) is 0 Å². The molecule has 0 bridgehead atoms. The third kappa shape index (κ3) is 12.0. The first kappa shape index (κ1) is 32.9. The molecule has 0 aliphatic carbocycles. The van der Waals surface area contributed by atoms with Crippen LogP contribution in [0.1, 0.15) is 11.1 Å². The van der Waals surface area contributed by atoms with Gasteiger partial charge in [0.15, 0.2) is 0 Å². The molecule has 0 unspecified atom stereocenters. The monoisotopic (exact) mass is 868 g/mol. The summed E-state index contributed by atoms with van der Waals surface area (Å²) < 4.78 is 0. The Morgan fingerprint density at radius 1 is 0.658 bits per heavy atom. The van der Waals surface area contributed by atoms with Crippen molar-refractivity contribution in [1.29, 1.82) is 0 Å². The van der Waals surface area contributed by atoms with Crippen molar-refractivity contribution in [3.05, 3.63) is 135 Å². The van der Waals surface area contributed by atoms with Gasteiger partial charge in [0.2, 0.25) is 0 Å². The van der Waals surface area contributed by atoms with Crippen molar-refractivity contribution in [2.75, 3.05) is 23.9 Å². The fraction of sp³-hybridized carbons (Fsp3) is 0.143. The Morgan fingerprint density at radius 2 is 1.08 bits per heavy atom. The summed E-state index contributed by atoms with van der Waals surface area (Å²) in [4.78, 5) is 8.10. The molecule has 0 amide bonds. The van der Waals surface area contributed by atoms with Crippen LogP contribution in [0, 0.1) is 39.3 Å². The smallest absolute Gasteiger partial charge is 0.00194 e.